The van der Waals surface area contributed by atoms with Crippen LogP contribution in [0.2, 0.25) is 0 Å². The highest BCUT2D eigenvalue weighted by Gasteiger charge is 2.25. The number of halogens is 1. The van der Waals surface area contributed by atoms with E-state index in [0.29, 0.717) is 38.2 Å². The molecule has 0 atom stereocenters. The Labute approximate surface area is 163 Å². The molecule has 2 aromatic rings. The van der Waals surface area contributed by atoms with Crippen LogP contribution in [0.4, 0.5) is 4.39 Å². The van der Waals surface area contributed by atoms with Crippen LogP contribution in [0.25, 0.3) is 0 Å². The summed E-state index contributed by atoms with van der Waals surface area (Å²) in [4.78, 5) is 30.1. The highest BCUT2D eigenvalue weighted by Crippen LogP contribution is 2.21. The lowest BCUT2D eigenvalue weighted by Crippen LogP contribution is -2.37. The minimum Gasteiger partial charge on any atom is -0.337 e. The van der Waals surface area contributed by atoms with Crippen molar-refractivity contribution in [2.75, 3.05) is 32.4 Å². The van der Waals surface area contributed by atoms with Gasteiger partial charge in [-0.3, -0.25) is 9.59 Å². The van der Waals surface area contributed by atoms with Crippen molar-refractivity contribution in [1.29, 1.82) is 0 Å². The van der Waals surface area contributed by atoms with Gasteiger partial charge in [-0.25, -0.2) is 4.39 Å². The highest BCUT2D eigenvalue weighted by atomic mass is 32.2. The van der Waals surface area contributed by atoms with Gasteiger partial charge in [0, 0.05) is 36.6 Å². The number of benzene rings is 2. The summed E-state index contributed by atoms with van der Waals surface area (Å²) in [5, 5.41) is 0. The monoisotopic (exact) mass is 386 g/mol. The van der Waals surface area contributed by atoms with Crippen molar-refractivity contribution < 1.29 is 14.0 Å². The first-order chi connectivity index (χ1) is 13.0. The van der Waals surface area contributed by atoms with E-state index in [1.54, 1.807) is 33.7 Å². The second-order valence-corrected chi connectivity index (χ2v) is 7.48. The lowest BCUT2D eigenvalue weighted by Gasteiger charge is -2.23. The zero-order chi connectivity index (χ0) is 19.4. The van der Waals surface area contributed by atoms with Crippen molar-refractivity contribution in [1.82, 2.24) is 9.80 Å². The average Bonchev–Trinajstić information content (AvgIpc) is 2.94. The molecule has 0 unspecified atom stereocenters. The van der Waals surface area contributed by atoms with Crippen LogP contribution in [0.5, 0.6) is 0 Å². The van der Waals surface area contributed by atoms with Crippen LogP contribution in [0.1, 0.15) is 32.7 Å². The summed E-state index contributed by atoms with van der Waals surface area (Å²) in [7, 11) is 0. The molecule has 0 bridgehead atoms. The summed E-state index contributed by atoms with van der Waals surface area (Å²) in [5.74, 6) is -0.837. The molecule has 3 rings (SSSR count). The fourth-order valence-electron chi connectivity index (χ4n) is 3.26. The van der Waals surface area contributed by atoms with Crippen molar-refractivity contribution in [3.63, 3.8) is 0 Å². The number of carbonyl (C=O) groups excluding carboxylic acids is 2. The van der Waals surface area contributed by atoms with Gasteiger partial charge in [-0.15, -0.1) is 11.8 Å². The second kappa shape index (κ2) is 8.57. The van der Waals surface area contributed by atoms with E-state index in [1.807, 2.05) is 31.4 Å². The number of thioether (sulfide) groups is 1. The van der Waals surface area contributed by atoms with Gasteiger partial charge in [0.25, 0.3) is 11.8 Å². The van der Waals surface area contributed by atoms with Gasteiger partial charge in [-0.05, 0) is 49.4 Å². The number of amides is 2. The van der Waals surface area contributed by atoms with E-state index in [9.17, 15) is 14.0 Å². The molecule has 6 heteroatoms. The van der Waals surface area contributed by atoms with Crippen LogP contribution in [0, 0.1) is 12.7 Å². The predicted octanol–water partition coefficient (Wildman–Crippen LogP) is 3.84. The average molecular weight is 386 g/mol. The summed E-state index contributed by atoms with van der Waals surface area (Å²) in [6, 6.07) is 11.9. The molecule has 2 amide bonds. The summed E-state index contributed by atoms with van der Waals surface area (Å²) < 4.78 is 13.9. The van der Waals surface area contributed by atoms with E-state index in [2.05, 4.69) is 0 Å². The Balaban J connectivity index is 1.72. The molecule has 0 N–H and O–H groups in total. The predicted molar refractivity (Wildman–Crippen MR) is 106 cm³/mol. The number of aryl methyl sites for hydroxylation is 1. The smallest absolute Gasteiger partial charge is 0.256 e. The van der Waals surface area contributed by atoms with Crippen molar-refractivity contribution in [2.45, 2.75) is 18.2 Å². The Bertz CT molecular complexity index is 856. The maximum Gasteiger partial charge on any atom is 0.256 e. The third-order valence-corrected chi connectivity index (χ3v) is 5.58. The molecule has 1 fully saturated rings. The lowest BCUT2D eigenvalue weighted by atomic mass is 10.1. The summed E-state index contributed by atoms with van der Waals surface area (Å²) in [5.41, 5.74) is 1.73. The fraction of sp³-hybridized carbons (Fsp3) is 0.333. The van der Waals surface area contributed by atoms with E-state index < -0.39 is 5.82 Å². The molecule has 0 saturated carbocycles. The molecule has 4 nitrogen and oxygen atoms in total. The number of rotatable bonds is 3. The fourth-order valence-corrected chi connectivity index (χ4v) is 3.70. The van der Waals surface area contributed by atoms with E-state index in [0.717, 1.165) is 10.5 Å². The first-order valence-corrected chi connectivity index (χ1v) is 10.2. The van der Waals surface area contributed by atoms with Gasteiger partial charge in [0.1, 0.15) is 5.82 Å². The lowest BCUT2D eigenvalue weighted by molar-refractivity contribution is 0.0715. The van der Waals surface area contributed by atoms with E-state index in [-0.39, 0.29) is 17.4 Å². The molecule has 1 saturated heterocycles. The van der Waals surface area contributed by atoms with Crippen LogP contribution >= 0.6 is 11.8 Å². The molecule has 0 aromatic heterocycles. The van der Waals surface area contributed by atoms with Crippen molar-refractivity contribution >= 4 is 23.6 Å². The van der Waals surface area contributed by atoms with E-state index in [1.165, 1.54) is 12.1 Å². The Morgan fingerprint density at radius 1 is 0.926 bits per heavy atom. The zero-order valence-electron chi connectivity index (χ0n) is 15.6. The number of hydrogen-bond acceptors (Lipinski definition) is 3. The molecule has 1 aliphatic heterocycles. The Hall–Kier alpha value is -2.34. The third-order valence-electron chi connectivity index (χ3n) is 4.85. The standard InChI is InChI=1S/C21H23FN2O2S/c1-15-8-9-16(27-2)14-18(15)21(26)24-11-5-10-23(12-13-24)20(25)17-6-3-4-7-19(17)22/h3-4,6-9,14H,5,10-13H2,1-2H3. The van der Waals surface area contributed by atoms with Gasteiger partial charge in [-0.1, -0.05) is 18.2 Å². The van der Waals surface area contributed by atoms with Gasteiger partial charge >= 0.3 is 0 Å². The van der Waals surface area contributed by atoms with Gasteiger partial charge in [-0.2, -0.15) is 0 Å². The molecule has 1 heterocycles. The number of nitrogens with zero attached hydrogens (tertiary/aromatic N) is 2. The van der Waals surface area contributed by atoms with Gasteiger partial charge < -0.3 is 9.80 Å². The van der Waals surface area contributed by atoms with E-state index >= 15 is 0 Å². The Kier molecular flexibility index (Phi) is 6.16. The molecule has 1 aliphatic rings. The largest absolute Gasteiger partial charge is 0.337 e. The molecular formula is C21H23FN2O2S. The zero-order valence-corrected chi connectivity index (χ0v) is 16.4. The minimum atomic E-state index is -0.510. The van der Waals surface area contributed by atoms with Crippen molar-refractivity contribution in [3.8, 4) is 0 Å². The van der Waals surface area contributed by atoms with E-state index in [4.69, 9.17) is 0 Å². The van der Waals surface area contributed by atoms with Crippen molar-refractivity contribution in [2.24, 2.45) is 0 Å². The van der Waals surface area contributed by atoms with Crippen molar-refractivity contribution in [3.05, 3.63) is 65.0 Å². The molecule has 0 spiro atoms. The minimum absolute atomic E-state index is 0.0106. The van der Waals surface area contributed by atoms with Crippen LogP contribution < -0.4 is 0 Å². The maximum atomic E-state index is 13.9. The molecule has 0 aliphatic carbocycles. The first-order valence-electron chi connectivity index (χ1n) is 8.99. The maximum absolute atomic E-state index is 13.9. The Morgan fingerprint density at radius 3 is 2.19 bits per heavy atom. The number of carbonyl (C=O) groups is 2. The third kappa shape index (κ3) is 4.33. The second-order valence-electron chi connectivity index (χ2n) is 6.60. The van der Waals surface area contributed by atoms with Crippen LogP contribution in [-0.2, 0) is 0 Å². The molecule has 27 heavy (non-hydrogen) atoms. The molecule has 0 radical (unpaired) electrons. The highest BCUT2D eigenvalue weighted by molar-refractivity contribution is 7.98. The SMILES string of the molecule is CSc1ccc(C)c(C(=O)N2CCCN(C(=O)c3ccccc3F)CC2)c1. The molecule has 2 aromatic carbocycles. The first kappa shape index (κ1) is 19.4. The van der Waals surface area contributed by atoms with Gasteiger partial charge in [0.15, 0.2) is 0 Å². The summed E-state index contributed by atoms with van der Waals surface area (Å²) >= 11 is 1.60. The van der Waals surface area contributed by atoms with Crippen LogP contribution in [0.3, 0.4) is 0 Å². The molecule has 142 valence electrons. The van der Waals surface area contributed by atoms with Crippen LogP contribution in [0.15, 0.2) is 47.4 Å². The Morgan fingerprint density at radius 2 is 1.56 bits per heavy atom. The van der Waals surface area contributed by atoms with Crippen LogP contribution in [-0.4, -0.2) is 54.0 Å². The summed E-state index contributed by atoms with van der Waals surface area (Å²) in [6.45, 7) is 3.88. The topological polar surface area (TPSA) is 40.6 Å². The quantitative estimate of drug-likeness (QED) is 0.753. The van der Waals surface area contributed by atoms with Gasteiger partial charge in [0.05, 0.1) is 5.56 Å². The number of hydrogen-bond donors (Lipinski definition) is 0. The molecular weight excluding hydrogens is 363 g/mol. The van der Waals surface area contributed by atoms with Gasteiger partial charge in [0.2, 0.25) is 0 Å². The normalized spacial score (nSPS) is 14.8. The summed E-state index contributed by atoms with van der Waals surface area (Å²) in [6.07, 6.45) is 2.66.